The van der Waals surface area contributed by atoms with Crippen molar-refractivity contribution in [2.24, 2.45) is 5.92 Å². The fraction of sp³-hybridized carbons (Fsp3) is 0.650. The maximum atomic E-state index is 12.5. The minimum absolute atomic E-state index is 0.195. The van der Waals surface area contributed by atoms with Crippen molar-refractivity contribution in [2.75, 3.05) is 13.6 Å². The van der Waals surface area contributed by atoms with Gasteiger partial charge in [0.05, 0.1) is 6.04 Å². The van der Waals surface area contributed by atoms with E-state index in [1.807, 2.05) is 32.7 Å². The monoisotopic (exact) mass is 330 g/mol. The molecule has 0 radical (unpaired) electrons. The van der Waals surface area contributed by atoms with Crippen molar-refractivity contribution < 1.29 is 9.53 Å². The SMILES string of the molecule is CN(C(=O)OC(C)(C)C)[C@@H]1CN(Cc2ccccc2)[C@@H]2CCC[C@@H]21. The highest BCUT2D eigenvalue weighted by Crippen LogP contribution is 2.40. The first-order chi connectivity index (χ1) is 11.3. The van der Waals surface area contributed by atoms with Crippen LogP contribution in [0.2, 0.25) is 0 Å². The lowest BCUT2D eigenvalue weighted by Gasteiger charge is -2.31. The lowest BCUT2D eigenvalue weighted by Crippen LogP contribution is -2.44. The molecule has 1 aromatic rings. The average molecular weight is 330 g/mol. The molecule has 24 heavy (non-hydrogen) atoms. The highest BCUT2D eigenvalue weighted by Gasteiger charge is 2.47. The van der Waals surface area contributed by atoms with Gasteiger partial charge in [-0.1, -0.05) is 36.8 Å². The van der Waals surface area contributed by atoms with Gasteiger partial charge in [0, 0.05) is 26.2 Å². The number of likely N-dealkylation sites (tertiary alicyclic amines) is 1. The zero-order valence-corrected chi connectivity index (χ0v) is 15.4. The van der Waals surface area contributed by atoms with E-state index in [9.17, 15) is 4.79 Å². The molecule has 1 amide bonds. The summed E-state index contributed by atoms with van der Waals surface area (Å²) in [5.74, 6) is 0.575. The molecule has 1 heterocycles. The summed E-state index contributed by atoms with van der Waals surface area (Å²) in [6.45, 7) is 7.69. The number of carbonyl (C=O) groups is 1. The van der Waals surface area contributed by atoms with E-state index in [2.05, 4.69) is 35.2 Å². The van der Waals surface area contributed by atoms with Crippen LogP contribution in [0, 0.1) is 5.92 Å². The Morgan fingerprint density at radius 1 is 1.25 bits per heavy atom. The number of benzene rings is 1. The Balaban J connectivity index is 1.70. The molecular weight excluding hydrogens is 300 g/mol. The predicted octanol–water partition coefficient (Wildman–Crippen LogP) is 3.91. The van der Waals surface area contributed by atoms with Crippen LogP contribution in [0.15, 0.2) is 30.3 Å². The second kappa shape index (κ2) is 6.75. The van der Waals surface area contributed by atoms with Crippen LogP contribution in [0.25, 0.3) is 0 Å². The van der Waals surface area contributed by atoms with Gasteiger partial charge in [0.15, 0.2) is 0 Å². The fourth-order valence-corrected chi connectivity index (χ4v) is 4.26. The standard InChI is InChI=1S/C20H30N2O2/c1-20(2,3)24-19(23)21(4)18-14-22(17-12-8-11-16(17)18)13-15-9-6-5-7-10-15/h5-7,9-10,16-18H,8,11-14H2,1-4H3/t16-,17+,18+/m0/s1. The van der Waals surface area contributed by atoms with Crippen molar-refractivity contribution in [2.45, 2.75) is 64.3 Å². The molecule has 1 saturated heterocycles. The van der Waals surface area contributed by atoms with Gasteiger partial charge < -0.3 is 9.64 Å². The Bertz CT molecular complexity index is 567. The Morgan fingerprint density at radius 3 is 2.62 bits per heavy atom. The summed E-state index contributed by atoms with van der Waals surface area (Å²) in [5, 5.41) is 0. The predicted molar refractivity (Wildman–Crippen MR) is 95.8 cm³/mol. The zero-order chi connectivity index (χ0) is 17.3. The number of fused-ring (bicyclic) bond motifs is 1. The lowest BCUT2D eigenvalue weighted by atomic mass is 9.98. The molecule has 1 saturated carbocycles. The molecule has 4 heteroatoms. The van der Waals surface area contributed by atoms with E-state index in [-0.39, 0.29) is 12.1 Å². The van der Waals surface area contributed by atoms with Crippen molar-refractivity contribution in [3.05, 3.63) is 35.9 Å². The highest BCUT2D eigenvalue weighted by molar-refractivity contribution is 5.68. The number of hydrogen-bond donors (Lipinski definition) is 0. The molecule has 3 rings (SSSR count). The van der Waals surface area contributed by atoms with E-state index >= 15 is 0 Å². The van der Waals surface area contributed by atoms with Crippen molar-refractivity contribution in [3.8, 4) is 0 Å². The van der Waals surface area contributed by atoms with Gasteiger partial charge in [-0.15, -0.1) is 0 Å². The molecule has 132 valence electrons. The Labute approximate surface area is 145 Å². The minimum Gasteiger partial charge on any atom is -0.444 e. The molecule has 3 atom stereocenters. The molecule has 0 bridgehead atoms. The van der Waals surface area contributed by atoms with Crippen LogP contribution in [-0.2, 0) is 11.3 Å². The van der Waals surface area contributed by atoms with Crippen molar-refractivity contribution in [1.82, 2.24) is 9.80 Å². The van der Waals surface area contributed by atoms with E-state index in [1.54, 1.807) is 0 Å². The highest BCUT2D eigenvalue weighted by atomic mass is 16.6. The van der Waals surface area contributed by atoms with Crippen molar-refractivity contribution in [3.63, 3.8) is 0 Å². The smallest absolute Gasteiger partial charge is 0.410 e. The van der Waals surface area contributed by atoms with Crippen LogP contribution in [0.1, 0.15) is 45.6 Å². The third kappa shape index (κ3) is 3.75. The number of ether oxygens (including phenoxy) is 1. The first-order valence-corrected chi connectivity index (χ1v) is 9.09. The third-order valence-electron chi connectivity index (χ3n) is 5.32. The third-order valence-corrected chi connectivity index (χ3v) is 5.32. The number of rotatable bonds is 3. The largest absolute Gasteiger partial charge is 0.444 e. The summed E-state index contributed by atoms with van der Waals surface area (Å²) in [6, 6.07) is 11.5. The number of nitrogens with zero attached hydrogens (tertiary/aromatic N) is 2. The fourth-order valence-electron chi connectivity index (χ4n) is 4.26. The average Bonchev–Trinajstić information content (AvgIpc) is 3.10. The molecule has 0 spiro atoms. The van der Waals surface area contributed by atoms with Gasteiger partial charge in [-0.25, -0.2) is 4.79 Å². The van der Waals surface area contributed by atoms with Crippen molar-refractivity contribution in [1.29, 1.82) is 0 Å². The van der Waals surface area contributed by atoms with Gasteiger partial charge in [-0.3, -0.25) is 4.90 Å². The van der Waals surface area contributed by atoms with Gasteiger partial charge >= 0.3 is 6.09 Å². The lowest BCUT2D eigenvalue weighted by molar-refractivity contribution is 0.0195. The summed E-state index contributed by atoms with van der Waals surface area (Å²) in [4.78, 5) is 16.9. The number of carbonyl (C=O) groups excluding carboxylic acids is 1. The van der Waals surface area contributed by atoms with Gasteiger partial charge in [0.2, 0.25) is 0 Å². The molecule has 2 fully saturated rings. The van der Waals surface area contributed by atoms with E-state index < -0.39 is 5.60 Å². The Hall–Kier alpha value is -1.55. The molecular formula is C20H30N2O2. The van der Waals surface area contributed by atoms with Crippen LogP contribution in [0.5, 0.6) is 0 Å². The molecule has 0 unspecified atom stereocenters. The first-order valence-electron chi connectivity index (χ1n) is 9.09. The second-order valence-electron chi connectivity index (χ2n) is 8.24. The molecule has 1 aromatic carbocycles. The molecule has 1 aliphatic heterocycles. The van der Waals surface area contributed by atoms with Crippen molar-refractivity contribution >= 4 is 6.09 Å². The van der Waals surface area contributed by atoms with E-state index in [1.165, 1.54) is 24.8 Å². The first kappa shape index (κ1) is 17.3. The van der Waals surface area contributed by atoms with Gasteiger partial charge in [-0.2, -0.15) is 0 Å². The van der Waals surface area contributed by atoms with Crippen LogP contribution >= 0.6 is 0 Å². The quantitative estimate of drug-likeness (QED) is 0.842. The van der Waals surface area contributed by atoms with Gasteiger partial charge in [-0.05, 0) is 45.1 Å². The summed E-state index contributed by atoms with van der Waals surface area (Å²) in [7, 11) is 1.90. The Kier molecular flexibility index (Phi) is 4.86. The van der Waals surface area contributed by atoms with Gasteiger partial charge in [0.1, 0.15) is 5.60 Å². The molecule has 0 N–H and O–H groups in total. The summed E-state index contributed by atoms with van der Waals surface area (Å²) in [6.07, 6.45) is 3.53. The van der Waals surface area contributed by atoms with Crippen LogP contribution in [0.4, 0.5) is 4.79 Å². The topological polar surface area (TPSA) is 32.8 Å². The van der Waals surface area contributed by atoms with E-state index in [0.29, 0.717) is 12.0 Å². The number of hydrogen-bond acceptors (Lipinski definition) is 3. The Morgan fingerprint density at radius 2 is 1.96 bits per heavy atom. The number of likely N-dealkylation sites (N-methyl/N-ethyl adjacent to an activating group) is 1. The zero-order valence-electron chi connectivity index (χ0n) is 15.4. The normalized spacial score (nSPS) is 27.1. The maximum Gasteiger partial charge on any atom is 0.410 e. The van der Waals surface area contributed by atoms with Crippen LogP contribution < -0.4 is 0 Å². The molecule has 4 nitrogen and oxygen atoms in total. The molecule has 2 aliphatic rings. The second-order valence-corrected chi connectivity index (χ2v) is 8.24. The molecule has 1 aliphatic carbocycles. The summed E-state index contributed by atoms with van der Waals surface area (Å²) >= 11 is 0. The van der Waals surface area contributed by atoms with Gasteiger partial charge in [0.25, 0.3) is 0 Å². The maximum absolute atomic E-state index is 12.5. The molecule has 0 aromatic heterocycles. The summed E-state index contributed by atoms with van der Waals surface area (Å²) < 4.78 is 5.58. The van der Waals surface area contributed by atoms with Crippen LogP contribution in [-0.4, -0.2) is 47.2 Å². The summed E-state index contributed by atoms with van der Waals surface area (Å²) in [5.41, 5.74) is 0.909. The minimum atomic E-state index is -0.442. The van der Waals surface area contributed by atoms with Crippen LogP contribution in [0.3, 0.4) is 0 Å². The number of amides is 1. The van der Waals surface area contributed by atoms with E-state index in [0.717, 1.165) is 13.1 Å². The van der Waals surface area contributed by atoms with E-state index in [4.69, 9.17) is 4.74 Å².